The molecule has 0 aliphatic heterocycles. The van der Waals surface area contributed by atoms with Crippen molar-refractivity contribution in [1.82, 2.24) is 0 Å². The number of unbranched alkanes of at least 4 members (excludes halogenated alkanes) is 4. The van der Waals surface area contributed by atoms with Gasteiger partial charge in [-0.05, 0) is 12.8 Å². The minimum absolute atomic E-state index is 0.125. The predicted octanol–water partition coefficient (Wildman–Crippen LogP) is -1.81. The Morgan fingerprint density at radius 2 is 0.886 bits per heavy atom. The molecule has 0 spiro atoms. The fraction of sp³-hybridized carbons (Fsp3) is 0.833. The molecule has 0 rings (SSSR count). The zero-order valence-corrected chi connectivity index (χ0v) is 25.8. The Bertz CT molecular complexity index is 549. The van der Waals surface area contributed by atoms with Crippen LogP contribution >= 0.6 is 0 Å². The van der Waals surface area contributed by atoms with Gasteiger partial charge >= 0.3 is 69.5 Å². The molecular weight excluding hydrogens is 567 g/mol. The number of hydrogen-bond acceptors (Lipinski definition) is 10. The predicted molar refractivity (Wildman–Crippen MR) is 126 cm³/mol. The van der Waals surface area contributed by atoms with Gasteiger partial charge in [0.25, 0.3) is 0 Å². The molecule has 2 N–H and O–H groups in total. The van der Waals surface area contributed by atoms with Gasteiger partial charge in [0.2, 0.25) is 0 Å². The summed E-state index contributed by atoms with van der Waals surface area (Å²) in [6.45, 7) is 8.20. The van der Waals surface area contributed by atoms with Crippen molar-refractivity contribution in [1.29, 1.82) is 0 Å². The van der Waals surface area contributed by atoms with Crippen LogP contribution in [0.5, 0.6) is 0 Å². The number of carboxylic acid groups (broad SMARTS) is 4. The third-order valence-electron chi connectivity index (χ3n) is 5.23. The van der Waals surface area contributed by atoms with Crippen molar-refractivity contribution < 1.29 is 49.8 Å². The molecule has 0 aliphatic rings. The summed E-state index contributed by atoms with van der Waals surface area (Å²) >= 11 is -0.159. The molecule has 4 radical (unpaired) electrons. The van der Waals surface area contributed by atoms with E-state index in [1.165, 1.54) is 25.7 Å². The van der Waals surface area contributed by atoms with E-state index in [1.807, 2.05) is 0 Å². The van der Waals surface area contributed by atoms with Gasteiger partial charge in [-0.25, -0.2) is 0 Å². The van der Waals surface area contributed by atoms with E-state index in [4.69, 9.17) is 0 Å². The van der Waals surface area contributed by atoms with Gasteiger partial charge in [-0.2, -0.15) is 0 Å². The van der Waals surface area contributed by atoms with Crippen LogP contribution in [0.3, 0.4) is 0 Å². The fourth-order valence-electron chi connectivity index (χ4n) is 2.97. The fourth-order valence-corrected chi connectivity index (χ4v) is 8.85. The summed E-state index contributed by atoms with van der Waals surface area (Å²) in [5.41, 5.74) is -4.57. The summed E-state index contributed by atoms with van der Waals surface area (Å²) in [7, 11) is 0. The van der Waals surface area contributed by atoms with Crippen LogP contribution in [0.1, 0.15) is 105 Å². The van der Waals surface area contributed by atoms with Crippen LogP contribution < -0.4 is 20.4 Å². The van der Waals surface area contributed by atoms with Gasteiger partial charge in [-0.1, -0.05) is 39.5 Å². The SMILES string of the molecule is CCCCC(O)(CC(=O)[O-])C(=O)[O-].CCCCC(O)(CC(=O)[O-])C(=O)[O-].CCC[CH2][SnH2+4][CH2]CCC. The number of hydrogen-bond donors (Lipinski definition) is 2. The first-order valence-corrected chi connectivity index (χ1v) is 18.2. The van der Waals surface area contributed by atoms with Crippen LogP contribution in [0, 0.1) is 0 Å². The average molecular weight is 611 g/mol. The quantitative estimate of drug-likeness (QED) is 0.131. The normalized spacial score (nSPS) is 13.7. The Labute approximate surface area is 219 Å². The monoisotopic (exact) mass is 612 g/mol. The maximum absolute atomic E-state index is 10.4. The van der Waals surface area contributed by atoms with Gasteiger partial charge in [-0.15, -0.1) is 0 Å². The van der Waals surface area contributed by atoms with E-state index in [1.54, 1.807) is 22.7 Å². The molecule has 0 bridgehead atoms. The van der Waals surface area contributed by atoms with E-state index >= 15 is 0 Å². The van der Waals surface area contributed by atoms with Gasteiger partial charge in [-0.3, -0.25) is 0 Å². The van der Waals surface area contributed by atoms with Crippen molar-refractivity contribution in [3.8, 4) is 0 Å². The number of rotatable bonds is 18. The summed E-state index contributed by atoms with van der Waals surface area (Å²) in [4.78, 5) is 41.1. The van der Waals surface area contributed by atoms with Crippen LogP contribution in [0.2, 0.25) is 8.87 Å². The number of carboxylic acids is 4. The first-order valence-electron chi connectivity index (χ1n) is 12.5. The summed E-state index contributed by atoms with van der Waals surface area (Å²) < 4.78 is 3.33. The number of carbonyl (C=O) groups is 4. The van der Waals surface area contributed by atoms with Crippen molar-refractivity contribution in [3.05, 3.63) is 0 Å². The third kappa shape index (κ3) is 22.8. The second-order valence-electron chi connectivity index (χ2n) is 8.71. The molecule has 2 unspecified atom stereocenters. The van der Waals surface area contributed by atoms with Crippen molar-refractivity contribution in [2.45, 2.75) is 125 Å². The molecule has 2 atom stereocenters. The molecule has 204 valence electrons. The van der Waals surface area contributed by atoms with Crippen molar-refractivity contribution in [3.63, 3.8) is 0 Å². The van der Waals surface area contributed by atoms with E-state index in [0.717, 1.165) is 0 Å². The van der Waals surface area contributed by atoms with Crippen LogP contribution in [0.4, 0.5) is 0 Å². The molecule has 0 aromatic carbocycles. The molecule has 0 aromatic heterocycles. The average Bonchev–Trinajstić information content (AvgIpc) is 2.76. The molecular formula is C24H44O10Sn. The van der Waals surface area contributed by atoms with Crippen LogP contribution in [0.15, 0.2) is 0 Å². The molecule has 0 fully saturated rings. The van der Waals surface area contributed by atoms with Gasteiger partial charge < -0.3 is 49.8 Å². The molecule has 10 nitrogen and oxygen atoms in total. The van der Waals surface area contributed by atoms with Gasteiger partial charge in [0, 0.05) is 24.8 Å². The van der Waals surface area contributed by atoms with E-state index in [9.17, 15) is 49.8 Å². The molecule has 0 heterocycles. The summed E-state index contributed by atoms with van der Waals surface area (Å²) in [5, 5.41) is 59.7. The molecule has 0 saturated carbocycles. The zero-order valence-electron chi connectivity index (χ0n) is 21.8. The van der Waals surface area contributed by atoms with E-state index in [-0.39, 0.29) is 34.0 Å². The molecule has 11 heteroatoms. The first kappa shape index (κ1) is 38.1. The van der Waals surface area contributed by atoms with Gasteiger partial charge in [0.1, 0.15) is 11.2 Å². The standard InChI is InChI=1S/2C8H14O5.2C4H9.Sn.2H/c2*1-2-3-4-8(13,7(11)12)5-6(9)10;2*1-3-4-2;;;/h2*13H,2-5H2,1H3,(H,9,10)(H,11,12);2*1,3-4H2,2H3;;;/q;;;;+4;;/p-4. The van der Waals surface area contributed by atoms with Crippen molar-refractivity contribution in [2.24, 2.45) is 0 Å². The second-order valence-corrected chi connectivity index (χ2v) is 14.8. The van der Waals surface area contributed by atoms with Crippen molar-refractivity contribution in [2.75, 3.05) is 0 Å². The number of carbonyl (C=O) groups excluding carboxylic acids is 4. The maximum atomic E-state index is 10.4. The Kier molecular flexibility index (Phi) is 25.1. The Morgan fingerprint density at radius 1 is 0.600 bits per heavy atom. The Hall–Kier alpha value is -1.40. The molecule has 0 aliphatic carbocycles. The van der Waals surface area contributed by atoms with Crippen LogP contribution in [-0.2, 0) is 19.2 Å². The summed E-state index contributed by atoms with van der Waals surface area (Å²) in [5.74, 6) is -6.71. The zero-order chi connectivity index (χ0) is 27.9. The van der Waals surface area contributed by atoms with Gasteiger partial charge in [0.05, 0.1) is 11.9 Å². The van der Waals surface area contributed by atoms with Crippen LogP contribution in [-0.4, -0.2) is 66.4 Å². The topological polar surface area (TPSA) is 201 Å². The number of aliphatic carboxylic acids is 4. The Morgan fingerprint density at radius 3 is 1.09 bits per heavy atom. The summed E-state index contributed by atoms with van der Waals surface area (Å²) in [6.07, 6.45) is 6.00. The first-order chi connectivity index (χ1) is 16.3. The molecule has 0 saturated heterocycles. The van der Waals surface area contributed by atoms with Gasteiger partial charge in [0.15, 0.2) is 0 Å². The molecule has 0 aromatic rings. The van der Waals surface area contributed by atoms with E-state index < -0.39 is 47.9 Å². The third-order valence-corrected chi connectivity index (χ3v) is 10.9. The Balaban J connectivity index is -0.000000448. The summed E-state index contributed by atoms with van der Waals surface area (Å²) in [6, 6.07) is 0. The van der Waals surface area contributed by atoms with Crippen molar-refractivity contribution >= 4 is 45.0 Å². The second kappa shape index (κ2) is 23.0. The molecule has 35 heavy (non-hydrogen) atoms. The van der Waals surface area contributed by atoms with Crippen LogP contribution in [0.25, 0.3) is 0 Å². The molecule has 0 amide bonds. The minimum atomic E-state index is -2.28. The van der Waals surface area contributed by atoms with E-state index in [2.05, 4.69) is 13.8 Å². The number of aliphatic hydroxyl groups is 2. The van der Waals surface area contributed by atoms with E-state index in [0.29, 0.717) is 25.7 Å².